The van der Waals surface area contributed by atoms with Crippen molar-refractivity contribution in [2.45, 2.75) is 11.5 Å². The molecule has 0 aromatic carbocycles. The highest BCUT2D eigenvalue weighted by Gasteiger charge is 2.30. The molecule has 0 aliphatic carbocycles. The number of epoxide rings is 1. The van der Waals surface area contributed by atoms with Crippen molar-refractivity contribution in [3.8, 4) is 6.07 Å². The molecule has 0 saturated carbocycles. The van der Waals surface area contributed by atoms with Crippen molar-refractivity contribution < 1.29 is 4.74 Å². The van der Waals surface area contributed by atoms with Gasteiger partial charge >= 0.3 is 0 Å². The van der Waals surface area contributed by atoms with E-state index in [1.165, 1.54) is 0 Å². The van der Waals surface area contributed by atoms with Crippen molar-refractivity contribution in [2.75, 3.05) is 6.61 Å². The van der Waals surface area contributed by atoms with Gasteiger partial charge in [-0.2, -0.15) is 5.26 Å². The van der Waals surface area contributed by atoms with Gasteiger partial charge in [0.15, 0.2) is 0 Å². The van der Waals surface area contributed by atoms with E-state index in [-0.39, 0.29) is 6.10 Å². The molecule has 0 amide bonds. The van der Waals surface area contributed by atoms with Crippen LogP contribution in [0.5, 0.6) is 0 Å². The fourth-order valence-corrected chi connectivity index (χ4v) is 0.453. The minimum atomic E-state index is -0.431. The molecular weight excluding hydrogens is 114 g/mol. The van der Waals surface area contributed by atoms with Crippen LogP contribution in [0.4, 0.5) is 0 Å². The minimum Gasteiger partial charge on any atom is -0.370 e. The van der Waals surface area contributed by atoms with E-state index in [0.717, 1.165) is 0 Å². The number of hydrogen-bond donors (Lipinski definition) is 0. The molecular formula is C4H4ClNO. The third-order valence-corrected chi connectivity index (χ3v) is 1.19. The molecule has 7 heavy (non-hydrogen) atoms. The molecule has 0 radical (unpaired) electrons. The van der Waals surface area contributed by atoms with E-state index < -0.39 is 5.38 Å². The van der Waals surface area contributed by atoms with Crippen LogP contribution in [0.2, 0.25) is 0 Å². The average Bonchev–Trinajstić information content (AvgIpc) is 2.44. The summed E-state index contributed by atoms with van der Waals surface area (Å²) < 4.78 is 4.71. The third-order valence-electron chi connectivity index (χ3n) is 0.809. The SMILES string of the molecule is N#CC(Cl)C1CO1. The number of hydrogen-bond acceptors (Lipinski definition) is 2. The van der Waals surface area contributed by atoms with Crippen LogP contribution in [0, 0.1) is 11.3 Å². The Balaban J connectivity index is 2.27. The van der Waals surface area contributed by atoms with E-state index in [1.807, 2.05) is 6.07 Å². The molecule has 2 unspecified atom stereocenters. The van der Waals surface area contributed by atoms with Crippen molar-refractivity contribution in [2.24, 2.45) is 0 Å². The summed E-state index contributed by atoms with van der Waals surface area (Å²) in [4.78, 5) is 0. The van der Waals surface area contributed by atoms with Gasteiger partial charge in [-0.25, -0.2) is 0 Å². The van der Waals surface area contributed by atoms with Crippen molar-refractivity contribution in [3.63, 3.8) is 0 Å². The van der Waals surface area contributed by atoms with Gasteiger partial charge in [-0.3, -0.25) is 0 Å². The standard InChI is InChI=1S/C4H4ClNO/c5-3(1-6)4-2-7-4/h3-4H,2H2. The van der Waals surface area contributed by atoms with Gasteiger partial charge in [0.05, 0.1) is 12.7 Å². The van der Waals surface area contributed by atoms with Crippen molar-refractivity contribution >= 4 is 11.6 Å². The first kappa shape index (κ1) is 4.89. The molecule has 2 atom stereocenters. The number of ether oxygens (including phenoxy) is 1. The van der Waals surface area contributed by atoms with Crippen molar-refractivity contribution in [3.05, 3.63) is 0 Å². The van der Waals surface area contributed by atoms with Gasteiger partial charge in [-0.1, -0.05) is 0 Å². The van der Waals surface area contributed by atoms with Crippen LogP contribution in [-0.4, -0.2) is 18.1 Å². The predicted molar refractivity (Wildman–Crippen MR) is 25.0 cm³/mol. The highest BCUT2D eigenvalue weighted by atomic mass is 35.5. The molecule has 1 heterocycles. The lowest BCUT2D eigenvalue weighted by Crippen LogP contribution is -2.01. The fourth-order valence-electron chi connectivity index (χ4n) is 0.308. The first-order valence-electron chi connectivity index (χ1n) is 2.00. The number of nitrogens with zero attached hydrogens (tertiary/aromatic N) is 1. The van der Waals surface area contributed by atoms with E-state index in [4.69, 9.17) is 21.6 Å². The van der Waals surface area contributed by atoms with Crippen LogP contribution < -0.4 is 0 Å². The summed E-state index contributed by atoms with van der Waals surface area (Å²) in [5.74, 6) is 0. The maximum atomic E-state index is 8.08. The Labute approximate surface area is 46.6 Å². The van der Waals surface area contributed by atoms with Gasteiger partial charge < -0.3 is 4.74 Å². The molecule has 2 nitrogen and oxygen atoms in total. The summed E-state index contributed by atoms with van der Waals surface area (Å²) >= 11 is 5.38. The van der Waals surface area contributed by atoms with Gasteiger partial charge in [0, 0.05) is 0 Å². The fraction of sp³-hybridized carbons (Fsp3) is 0.750. The molecule has 1 aliphatic rings. The maximum Gasteiger partial charge on any atom is 0.148 e. The Morgan fingerprint density at radius 2 is 2.57 bits per heavy atom. The monoisotopic (exact) mass is 117 g/mol. The summed E-state index contributed by atoms with van der Waals surface area (Å²) in [7, 11) is 0. The van der Waals surface area contributed by atoms with Gasteiger partial charge in [0.25, 0.3) is 0 Å². The summed E-state index contributed by atoms with van der Waals surface area (Å²) in [6, 6.07) is 1.87. The molecule has 0 aromatic heterocycles. The van der Waals surface area contributed by atoms with Gasteiger partial charge in [-0.15, -0.1) is 11.6 Å². The highest BCUT2D eigenvalue weighted by Crippen LogP contribution is 2.17. The molecule has 1 rings (SSSR count). The Morgan fingerprint density at radius 1 is 2.00 bits per heavy atom. The van der Waals surface area contributed by atoms with Gasteiger partial charge in [0.1, 0.15) is 11.5 Å². The smallest absolute Gasteiger partial charge is 0.148 e. The molecule has 0 aromatic rings. The predicted octanol–water partition coefficient (Wildman–Crippen LogP) is 0.516. The van der Waals surface area contributed by atoms with E-state index in [1.54, 1.807) is 0 Å². The lowest BCUT2D eigenvalue weighted by Gasteiger charge is -1.84. The summed E-state index contributed by atoms with van der Waals surface area (Å²) in [5.41, 5.74) is 0. The lowest BCUT2D eigenvalue weighted by atomic mass is 10.4. The third kappa shape index (κ3) is 1.05. The van der Waals surface area contributed by atoms with E-state index in [2.05, 4.69) is 0 Å². The summed E-state index contributed by atoms with van der Waals surface area (Å²) in [6.45, 7) is 0.654. The Morgan fingerprint density at radius 3 is 2.71 bits per heavy atom. The Kier molecular flexibility index (Phi) is 1.18. The van der Waals surface area contributed by atoms with E-state index in [9.17, 15) is 0 Å². The molecule has 1 fully saturated rings. The number of rotatable bonds is 1. The zero-order valence-electron chi connectivity index (χ0n) is 3.60. The van der Waals surface area contributed by atoms with Crippen LogP contribution in [0.3, 0.4) is 0 Å². The van der Waals surface area contributed by atoms with Crippen LogP contribution in [0.25, 0.3) is 0 Å². The number of alkyl halides is 1. The zero-order valence-corrected chi connectivity index (χ0v) is 4.35. The van der Waals surface area contributed by atoms with E-state index >= 15 is 0 Å². The first-order valence-corrected chi connectivity index (χ1v) is 2.43. The second-order valence-corrected chi connectivity index (χ2v) is 1.87. The van der Waals surface area contributed by atoms with Gasteiger partial charge in [-0.05, 0) is 0 Å². The molecule has 1 saturated heterocycles. The molecule has 3 heteroatoms. The Bertz CT molecular complexity index is 105. The second kappa shape index (κ2) is 1.69. The van der Waals surface area contributed by atoms with Gasteiger partial charge in [0.2, 0.25) is 0 Å². The van der Waals surface area contributed by atoms with Crippen LogP contribution in [-0.2, 0) is 4.74 Å². The summed E-state index contributed by atoms with van der Waals surface area (Å²) in [5, 5.41) is 7.65. The highest BCUT2D eigenvalue weighted by molar-refractivity contribution is 6.22. The van der Waals surface area contributed by atoms with Crippen LogP contribution >= 0.6 is 11.6 Å². The molecule has 38 valence electrons. The molecule has 0 N–H and O–H groups in total. The minimum absolute atomic E-state index is 0.0201. The largest absolute Gasteiger partial charge is 0.370 e. The summed E-state index contributed by atoms with van der Waals surface area (Å²) in [6.07, 6.45) is 0.0201. The first-order chi connectivity index (χ1) is 3.34. The average molecular weight is 118 g/mol. The quantitative estimate of drug-likeness (QED) is 0.371. The molecule has 0 spiro atoms. The Hall–Kier alpha value is -0.260. The maximum absolute atomic E-state index is 8.08. The van der Waals surface area contributed by atoms with E-state index in [0.29, 0.717) is 6.61 Å². The molecule has 0 bridgehead atoms. The van der Waals surface area contributed by atoms with Crippen LogP contribution in [0.1, 0.15) is 0 Å². The lowest BCUT2D eigenvalue weighted by molar-refractivity contribution is 0.414. The topological polar surface area (TPSA) is 36.3 Å². The number of halogens is 1. The normalized spacial score (nSPS) is 31.1. The number of nitriles is 1. The molecule has 1 aliphatic heterocycles. The van der Waals surface area contributed by atoms with Crippen molar-refractivity contribution in [1.82, 2.24) is 0 Å². The second-order valence-electron chi connectivity index (χ2n) is 1.40. The zero-order chi connectivity index (χ0) is 5.28. The van der Waals surface area contributed by atoms with Crippen molar-refractivity contribution in [1.29, 1.82) is 5.26 Å². The van der Waals surface area contributed by atoms with Crippen LogP contribution in [0.15, 0.2) is 0 Å².